The molecule has 0 saturated heterocycles. The minimum absolute atomic E-state index is 0.172. The summed E-state index contributed by atoms with van der Waals surface area (Å²) in [5, 5.41) is 41.9. The maximum Gasteiger partial charge on any atom is 0.110 e. The summed E-state index contributed by atoms with van der Waals surface area (Å²) in [6.07, 6.45) is -1.10. The predicted octanol–water partition coefficient (Wildman–Crippen LogP) is -1.97. The molecule has 0 aromatic rings. The van der Waals surface area contributed by atoms with Gasteiger partial charge in [0.2, 0.25) is 0 Å². The van der Waals surface area contributed by atoms with Gasteiger partial charge in [0.15, 0.2) is 0 Å². The molecule has 0 aromatic carbocycles. The lowest BCUT2D eigenvalue weighted by Gasteiger charge is -2.09. The number of hydrogen-bond acceptors (Lipinski definition) is 7. The molecular formula is C9H22O7. The van der Waals surface area contributed by atoms with E-state index in [1.54, 1.807) is 0 Å². The third-order valence-corrected chi connectivity index (χ3v) is 1.25. The highest BCUT2D eigenvalue weighted by Gasteiger charge is 2.04. The molecule has 0 rings (SSSR count). The average molecular weight is 242 g/mol. The van der Waals surface area contributed by atoms with Crippen LogP contribution in [0.15, 0.2) is 0 Å². The Labute approximate surface area is 94.8 Å². The van der Waals surface area contributed by atoms with E-state index in [9.17, 15) is 0 Å². The quantitative estimate of drug-likeness (QED) is 0.190. The van der Waals surface area contributed by atoms with Gasteiger partial charge in [0.1, 0.15) is 25.4 Å². The van der Waals surface area contributed by atoms with Crippen molar-refractivity contribution in [2.24, 2.45) is 0 Å². The minimum Gasteiger partial charge on any atom is -0.396 e. The van der Waals surface area contributed by atoms with Crippen LogP contribution in [-0.2, 0) is 9.78 Å². The fourth-order valence-electron chi connectivity index (χ4n) is 0.359. The highest BCUT2D eigenvalue weighted by atomic mass is 17.2. The monoisotopic (exact) mass is 242 g/mol. The Morgan fingerprint density at radius 1 is 0.875 bits per heavy atom. The second kappa shape index (κ2) is 14.7. The Hall–Kier alpha value is -0.280. The highest BCUT2D eigenvalue weighted by Crippen LogP contribution is 1.88. The number of aliphatic hydroxyl groups is 5. The summed E-state index contributed by atoms with van der Waals surface area (Å²) in [7, 11) is 0. The van der Waals surface area contributed by atoms with Crippen LogP contribution in [0.5, 0.6) is 0 Å². The summed E-state index contributed by atoms with van der Waals surface area (Å²) in [5.74, 6) is 0. The van der Waals surface area contributed by atoms with E-state index >= 15 is 0 Å². The molecule has 2 atom stereocenters. The zero-order valence-corrected chi connectivity index (χ0v) is 9.45. The molecule has 0 saturated carbocycles. The molecule has 0 heterocycles. The van der Waals surface area contributed by atoms with Gasteiger partial charge in [-0.1, -0.05) is 6.92 Å². The highest BCUT2D eigenvalue weighted by molar-refractivity contribution is 4.48. The van der Waals surface area contributed by atoms with Crippen LogP contribution in [0.1, 0.15) is 13.3 Å². The molecular weight excluding hydrogens is 220 g/mol. The fourth-order valence-corrected chi connectivity index (χ4v) is 0.359. The van der Waals surface area contributed by atoms with E-state index < -0.39 is 25.4 Å². The Kier molecular flexibility index (Phi) is 16.6. The first kappa shape index (κ1) is 18.1. The first-order valence-corrected chi connectivity index (χ1v) is 5.05. The van der Waals surface area contributed by atoms with E-state index in [-0.39, 0.29) is 13.2 Å². The molecule has 16 heavy (non-hydrogen) atoms. The van der Waals surface area contributed by atoms with Crippen molar-refractivity contribution in [1.82, 2.24) is 0 Å². The summed E-state index contributed by atoms with van der Waals surface area (Å²) in [6, 6.07) is 0. The van der Waals surface area contributed by atoms with Gasteiger partial charge in [-0.25, -0.2) is 9.78 Å². The molecule has 7 heteroatoms. The molecule has 100 valence electrons. The molecule has 0 aromatic heterocycles. The minimum atomic E-state index is -0.990. The summed E-state index contributed by atoms with van der Waals surface area (Å²) in [5.41, 5.74) is 0. The van der Waals surface area contributed by atoms with Crippen LogP contribution < -0.4 is 0 Å². The molecule has 0 aliphatic heterocycles. The molecule has 0 radical (unpaired) electrons. The summed E-state index contributed by atoms with van der Waals surface area (Å²) in [4.78, 5) is 8.76. The smallest absolute Gasteiger partial charge is 0.110 e. The van der Waals surface area contributed by atoms with Crippen molar-refractivity contribution in [3.05, 3.63) is 0 Å². The standard InChI is InChI=1S/C6H14O6.C3H8O/c7-1-5(9)3-11-12-4-6(10)2-8;1-2-3-4/h5-10H,1-4H2;4H,2-3H2,1H3. The van der Waals surface area contributed by atoms with E-state index in [4.69, 9.17) is 25.5 Å². The zero-order chi connectivity index (χ0) is 12.8. The zero-order valence-electron chi connectivity index (χ0n) is 9.45. The Bertz CT molecular complexity index is 108. The summed E-state index contributed by atoms with van der Waals surface area (Å²) < 4.78 is 0. The van der Waals surface area contributed by atoms with Gasteiger partial charge < -0.3 is 25.5 Å². The van der Waals surface area contributed by atoms with Gasteiger partial charge in [0, 0.05) is 6.61 Å². The van der Waals surface area contributed by atoms with Crippen LogP contribution >= 0.6 is 0 Å². The first-order chi connectivity index (χ1) is 7.62. The second-order valence-electron chi connectivity index (χ2n) is 2.97. The van der Waals surface area contributed by atoms with E-state index in [2.05, 4.69) is 9.78 Å². The Morgan fingerprint density at radius 2 is 1.19 bits per heavy atom. The van der Waals surface area contributed by atoms with E-state index in [1.807, 2.05) is 6.92 Å². The second-order valence-corrected chi connectivity index (χ2v) is 2.97. The lowest BCUT2D eigenvalue weighted by molar-refractivity contribution is -0.316. The molecule has 0 bridgehead atoms. The molecule has 0 aliphatic carbocycles. The Balaban J connectivity index is 0. The van der Waals surface area contributed by atoms with Gasteiger partial charge in [0.25, 0.3) is 0 Å². The van der Waals surface area contributed by atoms with Gasteiger partial charge in [-0.15, -0.1) is 0 Å². The van der Waals surface area contributed by atoms with Crippen molar-refractivity contribution < 1.29 is 35.3 Å². The van der Waals surface area contributed by atoms with Gasteiger partial charge in [-0.05, 0) is 6.42 Å². The molecule has 0 amide bonds. The van der Waals surface area contributed by atoms with Crippen LogP contribution in [-0.4, -0.2) is 70.8 Å². The maximum absolute atomic E-state index is 8.71. The molecule has 2 unspecified atom stereocenters. The van der Waals surface area contributed by atoms with Crippen molar-refractivity contribution in [2.45, 2.75) is 25.6 Å². The molecule has 7 nitrogen and oxygen atoms in total. The van der Waals surface area contributed by atoms with Crippen LogP contribution in [0.4, 0.5) is 0 Å². The molecule has 0 aliphatic rings. The van der Waals surface area contributed by atoms with Gasteiger partial charge in [0.05, 0.1) is 13.2 Å². The normalized spacial score (nSPS) is 13.9. The van der Waals surface area contributed by atoms with Crippen molar-refractivity contribution in [2.75, 3.05) is 33.0 Å². The van der Waals surface area contributed by atoms with Crippen LogP contribution in [0.3, 0.4) is 0 Å². The number of hydrogen-bond donors (Lipinski definition) is 5. The van der Waals surface area contributed by atoms with Crippen LogP contribution in [0.2, 0.25) is 0 Å². The number of rotatable bonds is 8. The third kappa shape index (κ3) is 16.2. The van der Waals surface area contributed by atoms with Crippen molar-refractivity contribution in [3.8, 4) is 0 Å². The van der Waals surface area contributed by atoms with E-state index in [0.29, 0.717) is 6.61 Å². The third-order valence-electron chi connectivity index (χ3n) is 1.25. The molecule has 0 fully saturated rings. The lowest BCUT2D eigenvalue weighted by Crippen LogP contribution is -2.23. The first-order valence-electron chi connectivity index (χ1n) is 5.05. The number of aliphatic hydroxyl groups excluding tert-OH is 5. The van der Waals surface area contributed by atoms with Crippen LogP contribution in [0, 0.1) is 0 Å². The maximum atomic E-state index is 8.71. The molecule has 5 N–H and O–H groups in total. The molecule has 0 spiro atoms. The van der Waals surface area contributed by atoms with Gasteiger partial charge in [-0.3, -0.25) is 0 Å². The average Bonchev–Trinajstić information content (AvgIpc) is 2.34. The largest absolute Gasteiger partial charge is 0.396 e. The lowest BCUT2D eigenvalue weighted by atomic mass is 10.4. The SMILES string of the molecule is CCCO.OCC(O)COOCC(O)CO. The van der Waals surface area contributed by atoms with E-state index in [1.165, 1.54) is 0 Å². The Morgan fingerprint density at radius 3 is 1.38 bits per heavy atom. The van der Waals surface area contributed by atoms with Crippen molar-refractivity contribution in [3.63, 3.8) is 0 Å². The van der Waals surface area contributed by atoms with Crippen LogP contribution in [0.25, 0.3) is 0 Å². The van der Waals surface area contributed by atoms with E-state index in [0.717, 1.165) is 6.42 Å². The van der Waals surface area contributed by atoms with Gasteiger partial charge >= 0.3 is 0 Å². The van der Waals surface area contributed by atoms with Gasteiger partial charge in [-0.2, -0.15) is 0 Å². The van der Waals surface area contributed by atoms with Crippen molar-refractivity contribution in [1.29, 1.82) is 0 Å². The predicted molar refractivity (Wildman–Crippen MR) is 55.5 cm³/mol. The summed E-state index contributed by atoms with van der Waals surface area (Å²) >= 11 is 0. The fraction of sp³-hybridized carbons (Fsp3) is 1.00. The summed E-state index contributed by atoms with van der Waals surface area (Å²) in [6.45, 7) is 1.08. The van der Waals surface area contributed by atoms with Crippen molar-refractivity contribution >= 4 is 0 Å². The topological polar surface area (TPSA) is 120 Å².